The van der Waals surface area contributed by atoms with E-state index in [1.807, 2.05) is 6.07 Å². The highest BCUT2D eigenvalue weighted by Crippen LogP contribution is 2.26. The number of methoxy groups -OCH3 is 1. The molecule has 1 amide bonds. The van der Waals surface area contributed by atoms with Gasteiger partial charge in [-0.15, -0.1) is 10.2 Å². The van der Waals surface area contributed by atoms with Crippen molar-refractivity contribution < 1.29 is 9.53 Å². The smallest absolute Gasteiger partial charge is 0.261 e. The standard InChI is InChI=1S/C16H21N5O2S/c1-3-20-8-10-21(11-9-20)16-19-18-15(24-16)17-14(22)12-6-4-5-7-13(12)23-2/h4-7H,3,8-11H2,1-2H3,(H,17,18,22). The molecule has 24 heavy (non-hydrogen) atoms. The summed E-state index contributed by atoms with van der Waals surface area (Å²) >= 11 is 1.40. The summed E-state index contributed by atoms with van der Waals surface area (Å²) in [6, 6.07) is 7.11. The van der Waals surface area contributed by atoms with Gasteiger partial charge in [-0.1, -0.05) is 30.4 Å². The average Bonchev–Trinajstić information content (AvgIpc) is 3.10. The lowest BCUT2D eigenvalue weighted by Gasteiger charge is -2.33. The lowest BCUT2D eigenvalue weighted by molar-refractivity contribution is 0.102. The first-order valence-electron chi connectivity index (χ1n) is 7.96. The molecule has 8 heteroatoms. The molecule has 0 spiro atoms. The molecule has 0 bridgehead atoms. The maximum absolute atomic E-state index is 12.4. The fourth-order valence-corrected chi connectivity index (χ4v) is 3.44. The second-order valence-electron chi connectivity index (χ2n) is 5.47. The quantitative estimate of drug-likeness (QED) is 0.891. The summed E-state index contributed by atoms with van der Waals surface area (Å²) in [5.74, 6) is 0.293. The average molecular weight is 347 g/mol. The first-order chi connectivity index (χ1) is 11.7. The number of para-hydroxylation sites is 1. The molecule has 0 radical (unpaired) electrons. The number of carbonyl (C=O) groups is 1. The van der Waals surface area contributed by atoms with Gasteiger partial charge < -0.3 is 14.5 Å². The first-order valence-corrected chi connectivity index (χ1v) is 8.78. The van der Waals surface area contributed by atoms with E-state index in [1.165, 1.54) is 11.3 Å². The molecule has 0 unspecified atom stereocenters. The Morgan fingerprint density at radius 1 is 1.25 bits per heavy atom. The van der Waals surface area contributed by atoms with Gasteiger partial charge in [0, 0.05) is 26.2 Å². The normalized spacial score (nSPS) is 15.3. The fourth-order valence-electron chi connectivity index (χ4n) is 2.65. The predicted octanol–water partition coefficient (Wildman–Crippen LogP) is 1.94. The topological polar surface area (TPSA) is 70.6 Å². The third-order valence-electron chi connectivity index (χ3n) is 4.08. The number of hydrogen-bond donors (Lipinski definition) is 1. The van der Waals surface area contributed by atoms with Gasteiger partial charge in [-0.3, -0.25) is 10.1 Å². The van der Waals surface area contributed by atoms with Crippen LogP contribution in [-0.2, 0) is 0 Å². The molecule has 128 valence electrons. The SMILES string of the molecule is CCN1CCN(c2nnc(NC(=O)c3ccccc3OC)s2)CC1. The molecule has 1 aliphatic rings. The molecule has 3 rings (SSSR count). The van der Waals surface area contributed by atoms with Gasteiger partial charge in [0.2, 0.25) is 10.3 Å². The molecule has 1 aliphatic heterocycles. The highest BCUT2D eigenvalue weighted by atomic mass is 32.1. The van der Waals surface area contributed by atoms with E-state index in [2.05, 4.69) is 32.2 Å². The Labute approximate surface area is 145 Å². The van der Waals surface area contributed by atoms with Gasteiger partial charge >= 0.3 is 0 Å². The van der Waals surface area contributed by atoms with Crippen molar-refractivity contribution >= 4 is 27.5 Å². The van der Waals surface area contributed by atoms with Crippen LogP contribution in [0.2, 0.25) is 0 Å². The summed E-state index contributed by atoms with van der Waals surface area (Å²) in [5, 5.41) is 12.5. The lowest BCUT2D eigenvalue weighted by Crippen LogP contribution is -2.46. The van der Waals surface area contributed by atoms with Crippen LogP contribution in [0.3, 0.4) is 0 Å². The molecule has 2 aromatic rings. The highest BCUT2D eigenvalue weighted by Gasteiger charge is 2.20. The van der Waals surface area contributed by atoms with E-state index in [0.29, 0.717) is 16.4 Å². The molecule has 1 aromatic heterocycles. The van der Waals surface area contributed by atoms with Gasteiger partial charge in [-0.05, 0) is 18.7 Å². The van der Waals surface area contributed by atoms with Crippen molar-refractivity contribution in [3.8, 4) is 5.75 Å². The minimum Gasteiger partial charge on any atom is -0.496 e. The number of ether oxygens (including phenoxy) is 1. The molecule has 0 saturated carbocycles. The van der Waals surface area contributed by atoms with Gasteiger partial charge in [-0.25, -0.2) is 0 Å². The number of piperazine rings is 1. The number of amides is 1. The van der Waals surface area contributed by atoms with E-state index in [-0.39, 0.29) is 5.91 Å². The van der Waals surface area contributed by atoms with Crippen LogP contribution in [0.15, 0.2) is 24.3 Å². The Hall–Kier alpha value is -2.19. The van der Waals surface area contributed by atoms with Crippen LogP contribution in [0.5, 0.6) is 5.75 Å². The number of hydrogen-bond acceptors (Lipinski definition) is 7. The predicted molar refractivity (Wildman–Crippen MR) is 95.2 cm³/mol. The molecular weight excluding hydrogens is 326 g/mol. The van der Waals surface area contributed by atoms with Crippen LogP contribution in [0, 0.1) is 0 Å². The van der Waals surface area contributed by atoms with Crippen molar-refractivity contribution in [2.24, 2.45) is 0 Å². The minimum absolute atomic E-state index is 0.244. The molecule has 2 heterocycles. The largest absolute Gasteiger partial charge is 0.496 e. The van der Waals surface area contributed by atoms with Crippen molar-refractivity contribution in [1.29, 1.82) is 0 Å². The number of aromatic nitrogens is 2. The highest BCUT2D eigenvalue weighted by molar-refractivity contribution is 7.19. The van der Waals surface area contributed by atoms with Gasteiger partial charge in [0.05, 0.1) is 12.7 Å². The zero-order valence-electron chi connectivity index (χ0n) is 13.9. The van der Waals surface area contributed by atoms with E-state index >= 15 is 0 Å². The first kappa shape index (κ1) is 16.7. The molecule has 0 atom stereocenters. The van der Waals surface area contributed by atoms with E-state index in [4.69, 9.17) is 4.74 Å². The van der Waals surface area contributed by atoms with E-state index in [1.54, 1.807) is 25.3 Å². The maximum Gasteiger partial charge on any atom is 0.261 e. The van der Waals surface area contributed by atoms with Crippen molar-refractivity contribution in [3.05, 3.63) is 29.8 Å². The molecule has 0 aliphatic carbocycles. The van der Waals surface area contributed by atoms with Crippen molar-refractivity contribution in [3.63, 3.8) is 0 Å². The Bertz CT molecular complexity index is 697. The van der Waals surface area contributed by atoms with Gasteiger partial charge in [-0.2, -0.15) is 0 Å². The number of rotatable bonds is 5. The van der Waals surface area contributed by atoms with E-state index in [9.17, 15) is 4.79 Å². The summed E-state index contributed by atoms with van der Waals surface area (Å²) < 4.78 is 5.22. The summed E-state index contributed by atoms with van der Waals surface area (Å²) in [6.07, 6.45) is 0. The molecule has 1 fully saturated rings. The second-order valence-corrected chi connectivity index (χ2v) is 6.42. The number of benzene rings is 1. The van der Waals surface area contributed by atoms with Crippen LogP contribution in [0.4, 0.5) is 10.3 Å². The minimum atomic E-state index is -0.244. The van der Waals surface area contributed by atoms with E-state index < -0.39 is 0 Å². The van der Waals surface area contributed by atoms with Crippen molar-refractivity contribution in [1.82, 2.24) is 15.1 Å². The number of nitrogens with zero attached hydrogens (tertiary/aromatic N) is 4. The third-order valence-corrected chi connectivity index (χ3v) is 4.98. The van der Waals surface area contributed by atoms with Crippen molar-refractivity contribution in [2.75, 3.05) is 50.1 Å². The van der Waals surface area contributed by atoms with Crippen LogP contribution < -0.4 is 15.0 Å². The Balaban J connectivity index is 1.65. The monoisotopic (exact) mass is 347 g/mol. The molecule has 1 N–H and O–H groups in total. The molecule has 7 nitrogen and oxygen atoms in total. The van der Waals surface area contributed by atoms with Crippen LogP contribution in [-0.4, -0.2) is 60.8 Å². The van der Waals surface area contributed by atoms with Crippen LogP contribution >= 0.6 is 11.3 Å². The molecule has 1 aromatic carbocycles. The number of likely N-dealkylation sites (N-methyl/N-ethyl adjacent to an activating group) is 1. The second kappa shape index (κ2) is 7.59. The zero-order valence-corrected chi connectivity index (χ0v) is 14.7. The van der Waals surface area contributed by atoms with E-state index in [0.717, 1.165) is 37.9 Å². The third kappa shape index (κ3) is 3.65. The Kier molecular flexibility index (Phi) is 5.27. The fraction of sp³-hybridized carbons (Fsp3) is 0.438. The van der Waals surface area contributed by atoms with Crippen LogP contribution in [0.25, 0.3) is 0 Å². The lowest BCUT2D eigenvalue weighted by atomic mass is 10.2. The maximum atomic E-state index is 12.4. The summed E-state index contributed by atoms with van der Waals surface area (Å²) in [7, 11) is 1.55. The Morgan fingerprint density at radius 2 is 2.00 bits per heavy atom. The molecule has 1 saturated heterocycles. The van der Waals surface area contributed by atoms with Gasteiger partial charge in [0.15, 0.2) is 0 Å². The van der Waals surface area contributed by atoms with Crippen LogP contribution in [0.1, 0.15) is 17.3 Å². The summed E-state index contributed by atoms with van der Waals surface area (Å²) in [6.45, 7) is 7.17. The summed E-state index contributed by atoms with van der Waals surface area (Å²) in [4.78, 5) is 17.0. The number of carbonyl (C=O) groups excluding carboxylic acids is 1. The molecular formula is C16H21N5O2S. The Morgan fingerprint density at radius 3 is 2.71 bits per heavy atom. The number of nitrogens with one attached hydrogen (secondary N) is 1. The summed E-state index contributed by atoms with van der Waals surface area (Å²) in [5.41, 5.74) is 0.480. The van der Waals surface area contributed by atoms with Gasteiger partial charge in [0.25, 0.3) is 5.91 Å². The van der Waals surface area contributed by atoms with Crippen molar-refractivity contribution in [2.45, 2.75) is 6.92 Å². The van der Waals surface area contributed by atoms with Gasteiger partial charge in [0.1, 0.15) is 5.75 Å². The number of anilines is 2. The zero-order chi connectivity index (χ0) is 16.9.